The predicted molar refractivity (Wildman–Crippen MR) is 129 cm³/mol. The summed E-state index contributed by atoms with van der Waals surface area (Å²) in [5.74, 6) is -4.96. The zero-order valence-corrected chi connectivity index (χ0v) is 19.7. The van der Waals surface area contributed by atoms with Gasteiger partial charge in [-0.2, -0.15) is 0 Å². The van der Waals surface area contributed by atoms with E-state index in [-0.39, 0.29) is 21.2 Å². The Balaban J connectivity index is 1.94. The Hall–Kier alpha value is -3.88. The van der Waals surface area contributed by atoms with Gasteiger partial charge >= 0.3 is 17.9 Å². The Morgan fingerprint density at radius 3 is 1.77 bits per heavy atom. The number of aliphatic carboxylic acids is 1. The summed E-state index contributed by atoms with van der Waals surface area (Å²) in [6.45, 7) is 1.79. The zero-order chi connectivity index (χ0) is 25.5. The van der Waals surface area contributed by atoms with Gasteiger partial charge in [0.25, 0.3) is 5.91 Å². The van der Waals surface area contributed by atoms with E-state index in [2.05, 4.69) is 5.32 Å². The van der Waals surface area contributed by atoms with E-state index in [4.69, 9.17) is 32.7 Å². The van der Waals surface area contributed by atoms with E-state index in [0.29, 0.717) is 5.69 Å². The summed E-state index contributed by atoms with van der Waals surface area (Å²) in [5.41, 5.74) is 0.891. The van der Waals surface area contributed by atoms with E-state index in [1.165, 1.54) is 36.4 Å². The summed E-state index contributed by atoms with van der Waals surface area (Å²) in [5, 5.41) is 12.3. The number of rotatable bonds is 8. The number of halogens is 2. The van der Waals surface area contributed by atoms with Gasteiger partial charge in [0.2, 0.25) is 12.2 Å². The lowest BCUT2D eigenvalue weighted by molar-refractivity contribution is -0.157. The number of carbonyl (C=O) groups is 4. The van der Waals surface area contributed by atoms with Crippen LogP contribution in [0.1, 0.15) is 26.3 Å². The maximum absolute atomic E-state index is 13.1. The molecule has 0 aromatic heterocycles. The normalized spacial score (nSPS) is 12.2. The average molecular weight is 516 g/mol. The van der Waals surface area contributed by atoms with Crippen LogP contribution in [0, 0.1) is 6.92 Å². The lowest BCUT2D eigenvalue weighted by Gasteiger charge is -2.24. The fraction of sp³-hybridized carbons (Fsp3) is 0.120. The molecule has 8 nitrogen and oxygen atoms in total. The molecule has 0 aliphatic rings. The van der Waals surface area contributed by atoms with E-state index in [1.807, 2.05) is 0 Å². The fourth-order valence-corrected chi connectivity index (χ4v) is 3.47. The van der Waals surface area contributed by atoms with Crippen molar-refractivity contribution in [2.45, 2.75) is 19.1 Å². The van der Waals surface area contributed by atoms with Crippen molar-refractivity contribution in [2.24, 2.45) is 0 Å². The second-order valence-corrected chi connectivity index (χ2v) is 8.12. The van der Waals surface area contributed by atoms with Gasteiger partial charge in [-0.3, -0.25) is 4.79 Å². The van der Waals surface area contributed by atoms with Crippen molar-refractivity contribution in [1.82, 2.24) is 0 Å². The smallest absolute Gasteiger partial charge is 0.349 e. The van der Waals surface area contributed by atoms with Crippen molar-refractivity contribution < 1.29 is 33.8 Å². The van der Waals surface area contributed by atoms with Gasteiger partial charge < -0.3 is 19.9 Å². The molecule has 35 heavy (non-hydrogen) atoms. The van der Waals surface area contributed by atoms with Crippen LogP contribution in [0.3, 0.4) is 0 Å². The number of aryl methyl sites for hydroxylation is 1. The van der Waals surface area contributed by atoms with Crippen LogP contribution in [-0.4, -0.2) is 41.1 Å². The minimum Gasteiger partial charge on any atom is -0.478 e. The number of hydrogen-bond acceptors (Lipinski definition) is 6. The maximum atomic E-state index is 13.1. The van der Waals surface area contributed by atoms with Gasteiger partial charge in [-0.15, -0.1) is 0 Å². The quantitative estimate of drug-likeness (QED) is 0.414. The second-order valence-electron chi connectivity index (χ2n) is 7.31. The van der Waals surface area contributed by atoms with Crippen molar-refractivity contribution in [2.75, 3.05) is 5.32 Å². The van der Waals surface area contributed by atoms with Crippen LogP contribution in [0.4, 0.5) is 5.69 Å². The molecule has 0 aliphatic carbocycles. The first-order valence-corrected chi connectivity index (χ1v) is 10.9. The minimum absolute atomic E-state index is 0.00969. The van der Waals surface area contributed by atoms with Crippen LogP contribution in [-0.2, 0) is 19.1 Å². The van der Waals surface area contributed by atoms with Crippen LogP contribution in [0.5, 0.6) is 0 Å². The molecule has 0 saturated carbocycles. The Bertz CT molecular complexity index is 1280. The highest BCUT2D eigenvalue weighted by atomic mass is 35.5. The number of anilines is 1. The van der Waals surface area contributed by atoms with Gasteiger partial charge in [0.15, 0.2) is 0 Å². The number of ether oxygens (including phenoxy) is 2. The molecule has 3 aromatic rings. The number of carbonyl (C=O) groups excluding carboxylic acids is 3. The molecule has 0 saturated heterocycles. The van der Waals surface area contributed by atoms with Gasteiger partial charge in [0, 0.05) is 5.69 Å². The molecule has 0 unspecified atom stereocenters. The molecule has 2 atom stereocenters. The molecule has 180 valence electrons. The summed E-state index contributed by atoms with van der Waals surface area (Å²) in [4.78, 5) is 50.6. The lowest BCUT2D eigenvalue weighted by Crippen LogP contribution is -2.48. The van der Waals surface area contributed by atoms with Crippen LogP contribution >= 0.6 is 23.2 Å². The Morgan fingerprint density at radius 1 is 0.771 bits per heavy atom. The van der Waals surface area contributed by atoms with E-state index >= 15 is 0 Å². The largest absolute Gasteiger partial charge is 0.478 e. The number of nitrogens with one attached hydrogen (secondary N) is 1. The molecule has 0 radical (unpaired) electrons. The molecule has 3 aromatic carbocycles. The molecule has 0 aliphatic heterocycles. The fourth-order valence-electron chi connectivity index (χ4n) is 3.04. The number of carboxylic acids is 1. The number of hydrogen-bond donors (Lipinski definition) is 2. The molecular weight excluding hydrogens is 497 g/mol. The third kappa shape index (κ3) is 6.59. The van der Waals surface area contributed by atoms with Gasteiger partial charge in [-0.1, -0.05) is 59.6 Å². The van der Waals surface area contributed by atoms with E-state index in [9.17, 15) is 24.3 Å². The van der Waals surface area contributed by atoms with E-state index in [0.717, 1.165) is 5.56 Å². The first kappa shape index (κ1) is 25.7. The highest BCUT2D eigenvalue weighted by Crippen LogP contribution is 2.22. The monoisotopic (exact) mass is 515 g/mol. The maximum Gasteiger partial charge on any atom is 0.349 e. The SMILES string of the molecule is Cc1cccc(NC(=O)[C@@H](OC(=O)c2ccccc2Cl)[C@@H](OC(=O)c2ccccc2Cl)C(=O)O)c1. The van der Waals surface area contributed by atoms with Gasteiger partial charge in [-0.05, 0) is 48.9 Å². The predicted octanol–water partition coefficient (Wildman–Crippen LogP) is 4.78. The molecule has 1 amide bonds. The molecule has 0 fully saturated rings. The summed E-state index contributed by atoms with van der Waals surface area (Å²) in [7, 11) is 0. The molecule has 0 bridgehead atoms. The van der Waals surface area contributed by atoms with Crippen molar-refractivity contribution in [3.63, 3.8) is 0 Å². The molecule has 2 N–H and O–H groups in total. The standard InChI is InChI=1S/C25H19Cl2NO7/c1-14-7-6-8-15(13-14)28-22(29)20(34-24(32)16-9-2-4-11-18(16)26)21(23(30)31)35-25(33)17-10-3-5-12-19(17)27/h2-13,20-21H,1H3,(H,28,29)(H,30,31)/t20-,21+/m0/s1. The molecular formula is C25H19Cl2NO7. The zero-order valence-electron chi connectivity index (χ0n) is 18.2. The summed E-state index contributed by atoms with van der Waals surface area (Å²) in [6.07, 6.45) is -4.27. The van der Waals surface area contributed by atoms with Gasteiger partial charge in [-0.25, -0.2) is 14.4 Å². The highest BCUT2D eigenvalue weighted by Gasteiger charge is 2.41. The first-order valence-electron chi connectivity index (χ1n) is 10.2. The van der Waals surface area contributed by atoms with Crippen LogP contribution in [0.2, 0.25) is 10.0 Å². The lowest BCUT2D eigenvalue weighted by atomic mass is 10.1. The number of benzene rings is 3. The van der Waals surface area contributed by atoms with E-state index in [1.54, 1.807) is 43.3 Å². The number of esters is 2. The van der Waals surface area contributed by atoms with Gasteiger partial charge in [0.05, 0.1) is 21.2 Å². The Morgan fingerprint density at radius 2 is 1.29 bits per heavy atom. The highest BCUT2D eigenvalue weighted by molar-refractivity contribution is 6.34. The molecule has 0 heterocycles. The van der Waals surface area contributed by atoms with Crippen molar-refractivity contribution in [1.29, 1.82) is 0 Å². The molecule has 0 spiro atoms. The van der Waals surface area contributed by atoms with Crippen LogP contribution in [0.15, 0.2) is 72.8 Å². The third-order valence-corrected chi connectivity index (χ3v) is 5.38. The second kappa shape index (κ2) is 11.5. The van der Waals surface area contributed by atoms with Crippen molar-refractivity contribution in [3.05, 3.63) is 99.5 Å². The van der Waals surface area contributed by atoms with Crippen LogP contribution in [0.25, 0.3) is 0 Å². The van der Waals surface area contributed by atoms with Crippen molar-refractivity contribution in [3.8, 4) is 0 Å². The molecule has 10 heteroatoms. The molecule has 3 rings (SSSR count). The van der Waals surface area contributed by atoms with Crippen LogP contribution < -0.4 is 5.32 Å². The minimum atomic E-state index is -2.20. The Labute approximate surface area is 210 Å². The summed E-state index contributed by atoms with van der Waals surface area (Å²) < 4.78 is 10.3. The van der Waals surface area contributed by atoms with Gasteiger partial charge in [0.1, 0.15) is 0 Å². The average Bonchev–Trinajstić information content (AvgIpc) is 2.81. The Kier molecular flexibility index (Phi) is 8.46. The third-order valence-electron chi connectivity index (χ3n) is 4.72. The van der Waals surface area contributed by atoms with E-state index < -0.39 is 36.0 Å². The number of carboxylic acid groups (broad SMARTS) is 1. The summed E-state index contributed by atoms with van der Waals surface area (Å²) >= 11 is 12.0. The summed E-state index contributed by atoms with van der Waals surface area (Å²) in [6, 6.07) is 18.3. The first-order chi connectivity index (χ1) is 16.7. The number of amides is 1. The van der Waals surface area contributed by atoms with Crippen molar-refractivity contribution >= 4 is 52.7 Å². The topological polar surface area (TPSA) is 119 Å².